The number of nitrogens with one attached hydrogen (secondary N) is 1. The van der Waals surface area contributed by atoms with E-state index in [-0.39, 0.29) is 17.4 Å². The molecule has 0 aliphatic carbocycles. The molecule has 0 radical (unpaired) electrons. The molecule has 1 N–H and O–H groups in total. The summed E-state index contributed by atoms with van der Waals surface area (Å²) in [6.07, 6.45) is 0.691. The van der Waals surface area contributed by atoms with Crippen LogP contribution in [-0.4, -0.2) is 25.2 Å². The Balaban J connectivity index is 2.39. The highest BCUT2D eigenvalue weighted by Crippen LogP contribution is 2.26. The lowest BCUT2D eigenvalue weighted by Crippen LogP contribution is -2.33. The van der Waals surface area contributed by atoms with Gasteiger partial charge in [0.15, 0.2) is 0 Å². The van der Waals surface area contributed by atoms with E-state index >= 15 is 0 Å². The minimum atomic E-state index is -0.149. The van der Waals surface area contributed by atoms with E-state index in [1.165, 1.54) is 5.56 Å². The van der Waals surface area contributed by atoms with E-state index in [1.54, 1.807) is 0 Å². The monoisotopic (exact) mass is 263 g/mol. The van der Waals surface area contributed by atoms with E-state index in [2.05, 4.69) is 31.3 Å². The van der Waals surface area contributed by atoms with Crippen LogP contribution in [-0.2, 0) is 14.9 Å². The van der Waals surface area contributed by atoms with Crippen molar-refractivity contribution < 1.29 is 9.53 Å². The zero-order valence-corrected chi connectivity index (χ0v) is 12.4. The molecule has 0 bridgehead atoms. The Kier molecular flexibility index (Phi) is 6.03. The van der Waals surface area contributed by atoms with Crippen molar-refractivity contribution in [3.63, 3.8) is 0 Å². The van der Waals surface area contributed by atoms with Gasteiger partial charge in [-0.05, 0) is 24.8 Å². The first-order valence-electron chi connectivity index (χ1n) is 6.85. The Bertz CT molecular complexity index is 385. The molecule has 0 spiro atoms. The summed E-state index contributed by atoms with van der Waals surface area (Å²) < 4.78 is 5.39. The molecule has 1 aromatic carbocycles. The number of hydrogen-bond donors (Lipinski definition) is 1. The maximum Gasteiger partial charge on any atom is 0.220 e. The number of hydrogen-bond acceptors (Lipinski definition) is 2. The highest BCUT2D eigenvalue weighted by molar-refractivity contribution is 5.77. The number of carbonyl (C=O) groups is 1. The molecular weight excluding hydrogens is 238 g/mol. The minimum absolute atomic E-state index is 0.0706. The molecule has 0 saturated carbocycles. The standard InChI is InChI=1S/C16H25NO2/c1-13(2)19-11-10-17-15(18)12-16(3,4)14-8-6-5-7-9-14/h5-9,13H,10-12H2,1-4H3,(H,17,18). The fourth-order valence-electron chi connectivity index (χ4n) is 1.94. The highest BCUT2D eigenvalue weighted by Gasteiger charge is 2.23. The number of amides is 1. The Morgan fingerprint density at radius 1 is 1.26 bits per heavy atom. The summed E-state index contributed by atoms with van der Waals surface area (Å²) in [7, 11) is 0. The number of benzene rings is 1. The van der Waals surface area contributed by atoms with Crippen LogP contribution in [0.5, 0.6) is 0 Å². The second kappa shape index (κ2) is 7.29. The molecular formula is C16H25NO2. The van der Waals surface area contributed by atoms with Gasteiger partial charge < -0.3 is 10.1 Å². The number of carbonyl (C=O) groups excluding carboxylic acids is 1. The van der Waals surface area contributed by atoms with Crippen LogP contribution in [0.1, 0.15) is 39.7 Å². The van der Waals surface area contributed by atoms with Gasteiger partial charge in [-0.15, -0.1) is 0 Å². The fourth-order valence-corrected chi connectivity index (χ4v) is 1.94. The molecule has 0 saturated heterocycles. The van der Waals surface area contributed by atoms with Crippen molar-refractivity contribution in [2.45, 2.75) is 45.6 Å². The van der Waals surface area contributed by atoms with Gasteiger partial charge >= 0.3 is 0 Å². The van der Waals surface area contributed by atoms with Crippen molar-refractivity contribution >= 4 is 5.91 Å². The van der Waals surface area contributed by atoms with E-state index in [1.807, 2.05) is 32.0 Å². The summed E-state index contributed by atoms with van der Waals surface area (Å²) in [6.45, 7) is 9.29. The molecule has 1 rings (SSSR count). The molecule has 1 amide bonds. The molecule has 106 valence electrons. The summed E-state index contributed by atoms with van der Waals surface area (Å²) in [5.41, 5.74) is 1.04. The first-order valence-corrected chi connectivity index (χ1v) is 6.85. The number of ether oxygens (including phenoxy) is 1. The molecule has 19 heavy (non-hydrogen) atoms. The molecule has 0 aromatic heterocycles. The van der Waals surface area contributed by atoms with Crippen LogP contribution in [0.4, 0.5) is 0 Å². The summed E-state index contributed by atoms with van der Waals surface area (Å²) in [5.74, 6) is 0.0706. The predicted octanol–water partition coefficient (Wildman–Crippen LogP) is 2.90. The molecule has 0 aliphatic heterocycles. The van der Waals surface area contributed by atoms with Crippen LogP contribution in [0.15, 0.2) is 30.3 Å². The lowest BCUT2D eigenvalue weighted by Gasteiger charge is -2.24. The van der Waals surface area contributed by atoms with Crippen molar-refractivity contribution in [2.24, 2.45) is 0 Å². The van der Waals surface area contributed by atoms with Gasteiger partial charge in [-0.2, -0.15) is 0 Å². The third kappa shape index (κ3) is 5.88. The van der Waals surface area contributed by atoms with Gasteiger partial charge in [-0.3, -0.25) is 4.79 Å². The molecule has 3 heteroatoms. The minimum Gasteiger partial charge on any atom is -0.377 e. The average molecular weight is 263 g/mol. The lowest BCUT2D eigenvalue weighted by molar-refractivity contribution is -0.122. The smallest absolute Gasteiger partial charge is 0.220 e. The van der Waals surface area contributed by atoms with E-state index in [0.29, 0.717) is 19.6 Å². The summed E-state index contributed by atoms with van der Waals surface area (Å²) in [6, 6.07) is 10.1. The summed E-state index contributed by atoms with van der Waals surface area (Å²) in [4.78, 5) is 11.9. The van der Waals surface area contributed by atoms with Crippen molar-refractivity contribution in [2.75, 3.05) is 13.2 Å². The van der Waals surface area contributed by atoms with Crippen molar-refractivity contribution in [1.82, 2.24) is 5.32 Å². The van der Waals surface area contributed by atoms with Crippen LogP contribution in [0.2, 0.25) is 0 Å². The van der Waals surface area contributed by atoms with Crippen molar-refractivity contribution in [3.05, 3.63) is 35.9 Å². The van der Waals surface area contributed by atoms with E-state index in [9.17, 15) is 4.79 Å². The highest BCUT2D eigenvalue weighted by atomic mass is 16.5. The summed E-state index contributed by atoms with van der Waals surface area (Å²) >= 11 is 0. The van der Waals surface area contributed by atoms with Gasteiger partial charge in [0.2, 0.25) is 5.91 Å². The van der Waals surface area contributed by atoms with Gasteiger partial charge in [0.25, 0.3) is 0 Å². The first-order chi connectivity index (χ1) is 8.92. The molecule has 0 atom stereocenters. The van der Waals surface area contributed by atoms with Crippen LogP contribution in [0.3, 0.4) is 0 Å². The van der Waals surface area contributed by atoms with Crippen LogP contribution in [0, 0.1) is 0 Å². The third-order valence-electron chi connectivity index (χ3n) is 3.03. The normalized spacial score (nSPS) is 11.6. The van der Waals surface area contributed by atoms with E-state index < -0.39 is 0 Å². The molecule has 0 unspecified atom stereocenters. The molecule has 0 aliphatic rings. The maximum atomic E-state index is 11.9. The maximum absolute atomic E-state index is 11.9. The quantitative estimate of drug-likeness (QED) is 0.768. The van der Waals surface area contributed by atoms with Crippen molar-refractivity contribution in [3.8, 4) is 0 Å². The largest absolute Gasteiger partial charge is 0.377 e. The molecule has 3 nitrogen and oxygen atoms in total. The second-order valence-corrected chi connectivity index (χ2v) is 5.70. The zero-order valence-electron chi connectivity index (χ0n) is 12.4. The molecule has 1 aromatic rings. The first kappa shape index (κ1) is 15.7. The van der Waals surface area contributed by atoms with Crippen LogP contribution < -0.4 is 5.32 Å². The Hall–Kier alpha value is -1.35. The van der Waals surface area contributed by atoms with Crippen LogP contribution >= 0.6 is 0 Å². The van der Waals surface area contributed by atoms with E-state index in [0.717, 1.165) is 0 Å². The third-order valence-corrected chi connectivity index (χ3v) is 3.03. The molecule has 0 fully saturated rings. The van der Waals surface area contributed by atoms with Gasteiger partial charge in [0.1, 0.15) is 0 Å². The van der Waals surface area contributed by atoms with E-state index in [4.69, 9.17) is 4.74 Å². The SMILES string of the molecule is CC(C)OCCNC(=O)CC(C)(C)c1ccccc1. The summed E-state index contributed by atoms with van der Waals surface area (Å²) in [5, 5.41) is 2.90. The Morgan fingerprint density at radius 3 is 2.47 bits per heavy atom. The van der Waals surface area contributed by atoms with Gasteiger partial charge in [0, 0.05) is 13.0 Å². The Labute approximate surface area is 116 Å². The topological polar surface area (TPSA) is 38.3 Å². The second-order valence-electron chi connectivity index (χ2n) is 5.70. The fraction of sp³-hybridized carbons (Fsp3) is 0.562. The molecule has 0 heterocycles. The lowest BCUT2D eigenvalue weighted by atomic mass is 9.81. The number of rotatable bonds is 7. The van der Waals surface area contributed by atoms with Gasteiger partial charge in [-0.1, -0.05) is 44.2 Å². The Morgan fingerprint density at radius 2 is 1.89 bits per heavy atom. The predicted molar refractivity (Wildman–Crippen MR) is 78.2 cm³/mol. The van der Waals surface area contributed by atoms with Crippen LogP contribution in [0.25, 0.3) is 0 Å². The van der Waals surface area contributed by atoms with Gasteiger partial charge in [0.05, 0.1) is 12.7 Å². The van der Waals surface area contributed by atoms with Crippen molar-refractivity contribution in [1.29, 1.82) is 0 Å². The van der Waals surface area contributed by atoms with Gasteiger partial charge in [-0.25, -0.2) is 0 Å². The zero-order chi connectivity index (χ0) is 14.3. The average Bonchev–Trinajstić information content (AvgIpc) is 2.35.